The molecule has 2 aliphatic rings. The highest BCUT2D eigenvalue weighted by Gasteiger charge is 2.24. The smallest absolute Gasteiger partial charge is 0.224 e. The molecule has 6 heteroatoms. The molecule has 142 valence electrons. The van der Waals surface area contributed by atoms with Crippen molar-refractivity contribution >= 4 is 11.8 Å². The summed E-state index contributed by atoms with van der Waals surface area (Å²) >= 11 is 0. The first-order valence-corrected chi connectivity index (χ1v) is 9.79. The Kier molecular flexibility index (Phi) is 7.00. The second-order valence-electron chi connectivity index (χ2n) is 7.17. The molecule has 1 aromatic rings. The lowest BCUT2D eigenvalue weighted by molar-refractivity contribution is -0.135. The fourth-order valence-corrected chi connectivity index (χ4v) is 3.64. The zero-order chi connectivity index (χ0) is 18.2. The summed E-state index contributed by atoms with van der Waals surface area (Å²) in [5.41, 5.74) is 0.879. The number of hydrogen-bond acceptors (Lipinski definition) is 4. The van der Waals surface area contributed by atoms with Gasteiger partial charge < -0.3 is 14.5 Å². The Morgan fingerprint density at radius 2 is 2.19 bits per heavy atom. The summed E-state index contributed by atoms with van der Waals surface area (Å²) in [7, 11) is 0. The van der Waals surface area contributed by atoms with Gasteiger partial charge in [0, 0.05) is 45.3 Å². The minimum Gasteiger partial charge on any atom is -0.376 e. The first-order chi connectivity index (χ1) is 12.7. The van der Waals surface area contributed by atoms with Gasteiger partial charge in [0.05, 0.1) is 18.3 Å². The number of ether oxygens (including phenoxy) is 1. The highest BCUT2D eigenvalue weighted by Crippen LogP contribution is 2.16. The molecule has 0 unspecified atom stereocenters. The molecule has 1 aromatic heterocycles. The van der Waals surface area contributed by atoms with Crippen molar-refractivity contribution < 1.29 is 14.3 Å². The van der Waals surface area contributed by atoms with Crippen LogP contribution in [0.25, 0.3) is 0 Å². The third kappa shape index (κ3) is 5.53. The van der Waals surface area contributed by atoms with Gasteiger partial charge in [-0.15, -0.1) is 0 Å². The summed E-state index contributed by atoms with van der Waals surface area (Å²) < 4.78 is 5.72. The van der Waals surface area contributed by atoms with Gasteiger partial charge in [-0.25, -0.2) is 0 Å². The van der Waals surface area contributed by atoms with Gasteiger partial charge in [0.25, 0.3) is 0 Å². The molecule has 0 radical (unpaired) electrons. The highest BCUT2D eigenvalue weighted by molar-refractivity contribution is 5.79. The SMILES string of the molecule is O=C1CCCCCN1CCC(=O)N(Cc1ccccn1)C[C@@H]1CCCO1. The Morgan fingerprint density at radius 3 is 2.96 bits per heavy atom. The quantitative estimate of drug-likeness (QED) is 0.750. The Balaban J connectivity index is 1.58. The van der Waals surface area contributed by atoms with Gasteiger partial charge >= 0.3 is 0 Å². The van der Waals surface area contributed by atoms with Crippen molar-refractivity contribution in [2.45, 2.75) is 57.6 Å². The molecule has 3 rings (SSSR count). The van der Waals surface area contributed by atoms with E-state index in [4.69, 9.17) is 4.74 Å². The van der Waals surface area contributed by atoms with Gasteiger partial charge in [0.15, 0.2) is 0 Å². The second-order valence-corrected chi connectivity index (χ2v) is 7.17. The minimum absolute atomic E-state index is 0.0724. The van der Waals surface area contributed by atoms with E-state index in [9.17, 15) is 9.59 Å². The van der Waals surface area contributed by atoms with E-state index >= 15 is 0 Å². The Hall–Kier alpha value is -1.95. The number of amides is 2. The van der Waals surface area contributed by atoms with Crippen molar-refractivity contribution in [3.05, 3.63) is 30.1 Å². The zero-order valence-electron chi connectivity index (χ0n) is 15.4. The number of rotatable bonds is 7. The maximum atomic E-state index is 12.9. The molecule has 0 bridgehead atoms. The van der Waals surface area contributed by atoms with Gasteiger partial charge in [0.1, 0.15) is 0 Å². The lowest BCUT2D eigenvalue weighted by atomic mass is 10.2. The van der Waals surface area contributed by atoms with E-state index in [0.717, 1.165) is 50.9 Å². The Morgan fingerprint density at radius 1 is 1.27 bits per heavy atom. The third-order valence-corrected chi connectivity index (χ3v) is 5.15. The molecule has 0 saturated carbocycles. The van der Waals surface area contributed by atoms with E-state index in [1.165, 1.54) is 0 Å². The zero-order valence-corrected chi connectivity index (χ0v) is 15.4. The average molecular weight is 359 g/mol. The molecule has 2 aliphatic heterocycles. The van der Waals surface area contributed by atoms with Crippen LogP contribution in [0.4, 0.5) is 0 Å². The van der Waals surface area contributed by atoms with Crippen molar-refractivity contribution in [1.29, 1.82) is 0 Å². The topological polar surface area (TPSA) is 62.7 Å². The Labute approximate surface area is 155 Å². The normalized spacial score (nSPS) is 20.8. The number of likely N-dealkylation sites (tertiary alicyclic amines) is 1. The Bertz CT molecular complexity index is 587. The van der Waals surface area contributed by atoms with E-state index in [1.54, 1.807) is 6.20 Å². The lowest BCUT2D eigenvalue weighted by Crippen LogP contribution is -2.40. The predicted molar refractivity (Wildman–Crippen MR) is 98.3 cm³/mol. The molecule has 6 nitrogen and oxygen atoms in total. The van der Waals surface area contributed by atoms with Crippen LogP contribution in [0.3, 0.4) is 0 Å². The van der Waals surface area contributed by atoms with Crippen LogP contribution in [0.15, 0.2) is 24.4 Å². The standard InChI is InChI=1S/C20H29N3O3/c24-19-9-2-1-5-12-22(19)13-10-20(25)23(16-18-8-6-14-26-18)15-17-7-3-4-11-21-17/h3-4,7,11,18H,1-2,5-6,8-10,12-16H2/t18-/m0/s1. The van der Waals surface area contributed by atoms with Crippen LogP contribution in [0.5, 0.6) is 0 Å². The summed E-state index contributed by atoms with van der Waals surface area (Å²) in [4.78, 5) is 33.1. The first-order valence-electron chi connectivity index (χ1n) is 9.79. The molecule has 2 amide bonds. The van der Waals surface area contributed by atoms with Crippen LogP contribution in [0, 0.1) is 0 Å². The number of pyridine rings is 1. The monoisotopic (exact) mass is 359 g/mol. The number of hydrogen-bond donors (Lipinski definition) is 0. The summed E-state index contributed by atoms with van der Waals surface area (Å²) in [6.45, 7) is 3.16. The van der Waals surface area contributed by atoms with Crippen molar-refractivity contribution in [3.63, 3.8) is 0 Å². The summed E-state index contributed by atoms with van der Waals surface area (Å²) in [6.07, 6.45) is 7.99. The van der Waals surface area contributed by atoms with Crippen molar-refractivity contribution in [2.75, 3.05) is 26.2 Å². The van der Waals surface area contributed by atoms with E-state index in [-0.39, 0.29) is 17.9 Å². The van der Waals surface area contributed by atoms with E-state index < -0.39 is 0 Å². The molecule has 3 heterocycles. The number of aromatic nitrogens is 1. The minimum atomic E-state index is 0.0724. The van der Waals surface area contributed by atoms with E-state index in [0.29, 0.717) is 32.5 Å². The van der Waals surface area contributed by atoms with Crippen LogP contribution in [0.1, 0.15) is 50.6 Å². The van der Waals surface area contributed by atoms with Crippen molar-refractivity contribution in [2.24, 2.45) is 0 Å². The van der Waals surface area contributed by atoms with Gasteiger partial charge in [-0.05, 0) is 37.8 Å². The molecule has 1 atom stereocenters. The number of nitrogens with zero attached hydrogens (tertiary/aromatic N) is 3. The van der Waals surface area contributed by atoms with Crippen LogP contribution < -0.4 is 0 Å². The van der Waals surface area contributed by atoms with Gasteiger partial charge in [-0.1, -0.05) is 12.5 Å². The fraction of sp³-hybridized carbons (Fsp3) is 0.650. The van der Waals surface area contributed by atoms with E-state index in [1.807, 2.05) is 28.0 Å². The van der Waals surface area contributed by atoms with Gasteiger partial charge in [-0.3, -0.25) is 14.6 Å². The lowest BCUT2D eigenvalue weighted by Gasteiger charge is -2.27. The van der Waals surface area contributed by atoms with Gasteiger partial charge in [-0.2, -0.15) is 0 Å². The summed E-state index contributed by atoms with van der Waals surface area (Å²) in [6, 6.07) is 5.75. The van der Waals surface area contributed by atoms with Crippen LogP contribution in [0.2, 0.25) is 0 Å². The van der Waals surface area contributed by atoms with E-state index in [2.05, 4.69) is 4.98 Å². The van der Waals surface area contributed by atoms with Crippen molar-refractivity contribution in [1.82, 2.24) is 14.8 Å². The first kappa shape index (κ1) is 18.8. The molecule has 0 N–H and O–H groups in total. The molecule has 0 aliphatic carbocycles. The molecule has 2 fully saturated rings. The summed E-state index contributed by atoms with van der Waals surface area (Å²) in [5.74, 6) is 0.258. The van der Waals surface area contributed by atoms with Gasteiger partial charge in [0.2, 0.25) is 11.8 Å². The third-order valence-electron chi connectivity index (χ3n) is 5.15. The number of carbonyl (C=O) groups is 2. The molecule has 0 aromatic carbocycles. The fourth-order valence-electron chi connectivity index (χ4n) is 3.64. The molecular weight excluding hydrogens is 330 g/mol. The maximum absolute atomic E-state index is 12.9. The molecular formula is C20H29N3O3. The molecule has 26 heavy (non-hydrogen) atoms. The largest absolute Gasteiger partial charge is 0.376 e. The predicted octanol–water partition coefficient (Wildman–Crippen LogP) is 2.38. The summed E-state index contributed by atoms with van der Waals surface area (Å²) in [5, 5.41) is 0. The number of carbonyl (C=O) groups excluding carboxylic acids is 2. The van der Waals surface area contributed by atoms with Crippen LogP contribution in [-0.2, 0) is 20.9 Å². The average Bonchev–Trinajstić information content (AvgIpc) is 3.08. The van der Waals surface area contributed by atoms with Crippen LogP contribution >= 0.6 is 0 Å². The maximum Gasteiger partial charge on any atom is 0.224 e. The van der Waals surface area contributed by atoms with Crippen LogP contribution in [-0.4, -0.2) is 58.9 Å². The molecule has 2 saturated heterocycles. The highest BCUT2D eigenvalue weighted by atomic mass is 16.5. The second kappa shape index (κ2) is 9.67. The molecule has 0 spiro atoms. The van der Waals surface area contributed by atoms with Crippen molar-refractivity contribution in [3.8, 4) is 0 Å².